The van der Waals surface area contributed by atoms with Crippen molar-refractivity contribution in [1.82, 2.24) is 9.55 Å². The highest BCUT2D eigenvalue weighted by atomic mass is 19.1. The van der Waals surface area contributed by atoms with Crippen molar-refractivity contribution >= 4 is 17.0 Å². The summed E-state index contributed by atoms with van der Waals surface area (Å²) in [5.41, 5.74) is 7.49. The zero-order valence-corrected chi connectivity index (χ0v) is 12.7. The molecule has 0 amide bonds. The molecule has 110 valence electrons. The molecule has 5 heteroatoms. The van der Waals surface area contributed by atoms with Gasteiger partial charge in [-0.3, -0.25) is 0 Å². The molecule has 0 aliphatic heterocycles. The third-order valence-corrected chi connectivity index (χ3v) is 3.99. The van der Waals surface area contributed by atoms with Crippen LogP contribution in [0.4, 0.5) is 10.3 Å². The van der Waals surface area contributed by atoms with Gasteiger partial charge in [-0.2, -0.15) is 0 Å². The highest BCUT2D eigenvalue weighted by Crippen LogP contribution is 2.31. The first-order valence-electron chi connectivity index (χ1n) is 6.73. The predicted octanol–water partition coefficient (Wildman–Crippen LogP) is 3.45. The second-order valence-corrected chi connectivity index (χ2v) is 6.32. The number of hydrogen-bond donors (Lipinski definition) is 1. The lowest BCUT2D eigenvalue weighted by molar-refractivity contribution is 0.236. The molecule has 0 bridgehead atoms. The Morgan fingerprint density at radius 2 is 2.05 bits per heavy atom. The molecule has 0 fully saturated rings. The second-order valence-electron chi connectivity index (χ2n) is 6.32. The maximum Gasteiger partial charge on any atom is 0.201 e. The van der Waals surface area contributed by atoms with Crippen molar-refractivity contribution < 1.29 is 9.13 Å². The average Bonchev–Trinajstić information content (AvgIpc) is 2.63. The number of aromatic nitrogens is 2. The Labute approximate surface area is 118 Å². The first-order chi connectivity index (χ1) is 9.24. The topological polar surface area (TPSA) is 53.1 Å². The largest absolute Gasteiger partial charge is 0.494 e. The third kappa shape index (κ3) is 2.57. The number of methoxy groups -OCH3 is 1. The van der Waals surface area contributed by atoms with Crippen molar-refractivity contribution in [2.24, 2.45) is 11.3 Å². The van der Waals surface area contributed by atoms with Crippen LogP contribution in [0.1, 0.15) is 27.7 Å². The SMILES string of the molecule is COc1cc2c(cc1F)nc(N)n2CC(C)C(C)(C)C. The average molecular weight is 279 g/mol. The van der Waals surface area contributed by atoms with Crippen molar-refractivity contribution in [2.75, 3.05) is 12.8 Å². The van der Waals surface area contributed by atoms with E-state index in [2.05, 4.69) is 32.7 Å². The van der Waals surface area contributed by atoms with Gasteiger partial charge in [-0.1, -0.05) is 27.7 Å². The van der Waals surface area contributed by atoms with Crippen LogP contribution in [0.3, 0.4) is 0 Å². The van der Waals surface area contributed by atoms with Crippen LogP contribution in [0.2, 0.25) is 0 Å². The minimum absolute atomic E-state index is 0.160. The van der Waals surface area contributed by atoms with E-state index in [1.807, 2.05) is 4.57 Å². The Kier molecular flexibility index (Phi) is 3.63. The molecule has 1 unspecified atom stereocenters. The van der Waals surface area contributed by atoms with E-state index in [1.165, 1.54) is 13.2 Å². The standard InChI is InChI=1S/C15H22FN3O/c1-9(15(2,3)4)8-19-12-7-13(20-5)10(16)6-11(12)18-14(19)17/h6-7,9H,8H2,1-5H3,(H2,17,18). The Balaban J connectivity index is 2.50. The molecule has 0 aliphatic carbocycles. The Bertz CT molecular complexity index is 628. The summed E-state index contributed by atoms with van der Waals surface area (Å²) in [4.78, 5) is 4.23. The second kappa shape index (κ2) is 4.96. The van der Waals surface area contributed by atoms with Gasteiger partial charge >= 0.3 is 0 Å². The van der Waals surface area contributed by atoms with E-state index in [0.717, 1.165) is 12.1 Å². The van der Waals surface area contributed by atoms with Gasteiger partial charge in [0.05, 0.1) is 18.1 Å². The van der Waals surface area contributed by atoms with Gasteiger partial charge < -0.3 is 15.0 Å². The number of hydrogen-bond acceptors (Lipinski definition) is 3. The molecule has 2 rings (SSSR count). The first-order valence-corrected chi connectivity index (χ1v) is 6.73. The third-order valence-electron chi connectivity index (χ3n) is 3.99. The predicted molar refractivity (Wildman–Crippen MR) is 79.3 cm³/mol. The fraction of sp³-hybridized carbons (Fsp3) is 0.533. The number of nitrogens with two attached hydrogens (primary N) is 1. The van der Waals surface area contributed by atoms with Gasteiger partial charge in [0.25, 0.3) is 0 Å². The number of ether oxygens (including phenoxy) is 1. The van der Waals surface area contributed by atoms with Gasteiger partial charge in [0.15, 0.2) is 11.6 Å². The Morgan fingerprint density at radius 1 is 1.40 bits per heavy atom. The molecule has 4 nitrogen and oxygen atoms in total. The number of imidazole rings is 1. The lowest BCUT2D eigenvalue weighted by atomic mass is 9.82. The summed E-state index contributed by atoms with van der Waals surface area (Å²) in [5, 5.41) is 0. The van der Waals surface area contributed by atoms with Gasteiger partial charge in [-0.25, -0.2) is 9.37 Å². The van der Waals surface area contributed by atoms with Crippen molar-refractivity contribution in [1.29, 1.82) is 0 Å². The quantitative estimate of drug-likeness (QED) is 0.936. The van der Waals surface area contributed by atoms with Crippen molar-refractivity contribution in [3.8, 4) is 5.75 Å². The van der Waals surface area contributed by atoms with E-state index < -0.39 is 5.82 Å². The molecule has 1 aromatic heterocycles. The molecule has 1 heterocycles. The Hall–Kier alpha value is -1.78. The van der Waals surface area contributed by atoms with Crippen molar-refractivity contribution in [2.45, 2.75) is 34.2 Å². The highest BCUT2D eigenvalue weighted by molar-refractivity contribution is 5.80. The van der Waals surface area contributed by atoms with Crippen molar-refractivity contribution in [3.63, 3.8) is 0 Å². The number of anilines is 1. The number of halogens is 1. The van der Waals surface area contributed by atoms with Crippen LogP contribution in [0.25, 0.3) is 11.0 Å². The van der Waals surface area contributed by atoms with E-state index >= 15 is 0 Å². The van der Waals surface area contributed by atoms with Gasteiger partial charge in [-0.15, -0.1) is 0 Å². The number of rotatable bonds is 3. The molecule has 1 aromatic carbocycles. The lowest BCUT2D eigenvalue weighted by Crippen LogP contribution is -2.23. The molecule has 2 N–H and O–H groups in total. The zero-order chi connectivity index (χ0) is 15.1. The van der Waals surface area contributed by atoms with Gasteiger partial charge in [-0.05, 0) is 11.3 Å². The molecule has 0 radical (unpaired) electrons. The Morgan fingerprint density at radius 3 is 2.60 bits per heavy atom. The van der Waals surface area contributed by atoms with E-state index in [4.69, 9.17) is 10.5 Å². The summed E-state index contributed by atoms with van der Waals surface area (Å²) < 4.78 is 20.7. The maximum absolute atomic E-state index is 13.7. The molecule has 0 spiro atoms. The first kappa shape index (κ1) is 14.6. The normalized spacial score (nSPS) is 13.7. The number of benzene rings is 1. The summed E-state index contributed by atoms with van der Waals surface area (Å²) >= 11 is 0. The molecular weight excluding hydrogens is 257 g/mol. The molecule has 2 aromatic rings. The van der Waals surface area contributed by atoms with Crippen LogP contribution in [-0.4, -0.2) is 16.7 Å². The summed E-state index contributed by atoms with van der Waals surface area (Å²) in [6, 6.07) is 3.02. The van der Waals surface area contributed by atoms with Crippen LogP contribution >= 0.6 is 0 Å². The van der Waals surface area contributed by atoms with E-state index in [9.17, 15) is 4.39 Å². The fourth-order valence-electron chi connectivity index (χ4n) is 2.04. The minimum Gasteiger partial charge on any atom is -0.494 e. The molecule has 0 saturated carbocycles. The minimum atomic E-state index is -0.423. The number of nitrogen functional groups attached to an aromatic ring is 1. The molecule has 0 saturated heterocycles. The summed E-state index contributed by atoms with van der Waals surface area (Å²) in [6.45, 7) is 9.47. The smallest absolute Gasteiger partial charge is 0.201 e. The van der Waals surface area contributed by atoms with Crippen LogP contribution in [-0.2, 0) is 6.54 Å². The van der Waals surface area contributed by atoms with E-state index in [1.54, 1.807) is 6.07 Å². The van der Waals surface area contributed by atoms with Gasteiger partial charge in [0.1, 0.15) is 0 Å². The van der Waals surface area contributed by atoms with Crippen molar-refractivity contribution in [3.05, 3.63) is 17.9 Å². The van der Waals surface area contributed by atoms with E-state index in [-0.39, 0.29) is 11.2 Å². The number of fused-ring (bicyclic) bond motifs is 1. The fourth-order valence-corrected chi connectivity index (χ4v) is 2.04. The van der Waals surface area contributed by atoms with Crippen LogP contribution < -0.4 is 10.5 Å². The number of nitrogens with zero attached hydrogens (tertiary/aromatic N) is 2. The monoisotopic (exact) mass is 279 g/mol. The van der Waals surface area contributed by atoms with Crippen LogP contribution in [0, 0.1) is 17.2 Å². The summed E-state index contributed by atoms with van der Waals surface area (Å²) in [5.74, 6) is 0.595. The zero-order valence-electron chi connectivity index (χ0n) is 12.7. The molecule has 0 aliphatic rings. The highest BCUT2D eigenvalue weighted by Gasteiger charge is 2.22. The summed E-state index contributed by atoms with van der Waals surface area (Å²) in [7, 11) is 1.45. The molecular formula is C15H22FN3O. The maximum atomic E-state index is 13.7. The van der Waals surface area contributed by atoms with Crippen LogP contribution in [0.5, 0.6) is 5.75 Å². The lowest BCUT2D eigenvalue weighted by Gasteiger charge is -2.28. The molecule has 1 atom stereocenters. The van der Waals surface area contributed by atoms with Crippen LogP contribution in [0.15, 0.2) is 12.1 Å². The molecule has 20 heavy (non-hydrogen) atoms. The summed E-state index contributed by atoms with van der Waals surface area (Å²) in [6.07, 6.45) is 0. The van der Waals surface area contributed by atoms with Gasteiger partial charge in [0.2, 0.25) is 5.95 Å². The van der Waals surface area contributed by atoms with E-state index in [0.29, 0.717) is 17.4 Å². The van der Waals surface area contributed by atoms with Gasteiger partial charge in [0, 0.05) is 18.7 Å².